The molecule has 0 bridgehead atoms. The summed E-state index contributed by atoms with van der Waals surface area (Å²) in [4.78, 5) is 0. The van der Waals surface area contributed by atoms with Gasteiger partial charge in [0, 0.05) is 0 Å². The molecule has 45 valence electrons. The molecule has 1 aliphatic rings. The molecule has 1 radical (unpaired) electrons. The molecule has 1 nitrogen and oxygen atoms in total. The van der Waals surface area contributed by atoms with Gasteiger partial charge in [0.2, 0.25) is 0 Å². The highest BCUT2D eigenvalue weighted by Gasteiger charge is 2.04. The lowest BCUT2D eigenvalue weighted by molar-refractivity contribution is 0.118. The quantitative estimate of drug-likeness (QED) is 0.464. The molecule has 1 aliphatic heterocycles. The smallest absolute Gasteiger partial charge is 0.158 e. The van der Waals surface area contributed by atoms with Gasteiger partial charge in [-0.15, -0.1) is 0 Å². The van der Waals surface area contributed by atoms with Crippen LogP contribution in [0.2, 0.25) is 0 Å². The zero-order valence-electron chi connectivity index (χ0n) is 4.61. The van der Waals surface area contributed by atoms with Gasteiger partial charge >= 0.3 is 0 Å². The molecule has 1 saturated heterocycles. The van der Waals surface area contributed by atoms with Crippen molar-refractivity contribution >= 4 is 0 Å². The van der Waals surface area contributed by atoms with Crippen molar-refractivity contribution in [1.29, 1.82) is 0 Å². The summed E-state index contributed by atoms with van der Waals surface area (Å²) in [5, 5.41) is 0. The summed E-state index contributed by atoms with van der Waals surface area (Å²) in [6.07, 6.45) is 3.08. The largest absolute Gasteiger partial charge is 0.381 e. The molecule has 0 aromatic carbocycles. The van der Waals surface area contributed by atoms with Crippen LogP contribution in [0.3, 0.4) is 0 Å². The average Bonchev–Trinajstić information content (AvgIpc) is 1.90. The maximum atomic E-state index is 11.5. The van der Waals surface area contributed by atoms with Gasteiger partial charge in [0.25, 0.3) is 0 Å². The van der Waals surface area contributed by atoms with E-state index in [4.69, 9.17) is 4.74 Å². The number of hydrogen-bond donors (Lipinski definition) is 0. The van der Waals surface area contributed by atoms with Gasteiger partial charge in [0.05, 0.1) is 13.2 Å². The Kier molecular flexibility index (Phi) is 2.03. The Morgan fingerprint density at radius 1 is 1.38 bits per heavy atom. The molecule has 0 unspecified atom stereocenters. The summed E-state index contributed by atoms with van der Waals surface area (Å²) in [5.74, 6) is 0. The van der Waals surface area contributed by atoms with Gasteiger partial charge in [0.1, 0.15) is 0 Å². The van der Waals surface area contributed by atoms with Crippen LogP contribution < -0.4 is 0 Å². The summed E-state index contributed by atoms with van der Waals surface area (Å²) in [6, 6.07) is 0. The molecule has 1 rings (SSSR count). The first-order valence-corrected chi connectivity index (χ1v) is 2.72. The summed E-state index contributed by atoms with van der Waals surface area (Å²) >= 11 is 0. The van der Waals surface area contributed by atoms with Gasteiger partial charge in [-0.3, -0.25) is 0 Å². The minimum absolute atomic E-state index is 0.659. The summed E-state index contributed by atoms with van der Waals surface area (Å²) in [6.45, 7) is 1.32. The monoisotopic (exact) mass is 115 g/mol. The van der Waals surface area contributed by atoms with Crippen molar-refractivity contribution in [3.63, 3.8) is 0 Å². The van der Waals surface area contributed by atoms with Crippen molar-refractivity contribution in [2.75, 3.05) is 13.2 Å². The second-order valence-corrected chi connectivity index (χ2v) is 1.81. The van der Waals surface area contributed by atoms with Crippen LogP contribution >= 0.6 is 0 Å². The molecular formula is C6H8FO. The van der Waals surface area contributed by atoms with Crippen molar-refractivity contribution < 1.29 is 9.13 Å². The molecular weight excluding hydrogens is 107 g/mol. The Bertz CT molecular complexity index is 90.7. The lowest BCUT2D eigenvalue weighted by Gasteiger charge is -2.11. The van der Waals surface area contributed by atoms with E-state index in [1.165, 1.54) is 0 Å². The van der Waals surface area contributed by atoms with Crippen molar-refractivity contribution in [2.24, 2.45) is 0 Å². The molecule has 0 spiro atoms. The molecule has 8 heavy (non-hydrogen) atoms. The number of halogens is 1. The van der Waals surface area contributed by atoms with Crippen LogP contribution in [0.25, 0.3) is 0 Å². The van der Waals surface area contributed by atoms with Gasteiger partial charge in [-0.1, -0.05) is 0 Å². The maximum absolute atomic E-state index is 11.5. The second-order valence-electron chi connectivity index (χ2n) is 1.81. The highest BCUT2D eigenvalue weighted by atomic mass is 19.1. The second kappa shape index (κ2) is 2.82. The Morgan fingerprint density at radius 3 is 2.38 bits per heavy atom. The molecule has 0 saturated carbocycles. The van der Waals surface area contributed by atoms with Crippen molar-refractivity contribution in [1.82, 2.24) is 0 Å². The molecule has 2 heteroatoms. The Labute approximate surface area is 48.1 Å². The van der Waals surface area contributed by atoms with E-state index in [2.05, 4.69) is 0 Å². The zero-order chi connectivity index (χ0) is 5.82. The van der Waals surface area contributed by atoms with Gasteiger partial charge in [-0.2, -0.15) is 0 Å². The Hall–Kier alpha value is -0.370. The molecule has 1 fully saturated rings. The van der Waals surface area contributed by atoms with E-state index in [0.717, 1.165) is 18.4 Å². The number of rotatable bonds is 0. The van der Waals surface area contributed by atoms with Crippen LogP contribution in [0.1, 0.15) is 12.8 Å². The van der Waals surface area contributed by atoms with E-state index < -0.39 is 0 Å². The minimum Gasteiger partial charge on any atom is -0.381 e. The molecule has 0 atom stereocenters. The van der Waals surface area contributed by atoms with Gasteiger partial charge in [-0.25, -0.2) is 4.39 Å². The fraction of sp³-hybridized carbons (Fsp3) is 0.667. The van der Waals surface area contributed by atoms with E-state index in [9.17, 15) is 4.39 Å². The zero-order valence-corrected chi connectivity index (χ0v) is 4.61. The highest BCUT2D eigenvalue weighted by molar-refractivity contribution is 4.95. The highest BCUT2D eigenvalue weighted by Crippen LogP contribution is 2.11. The van der Waals surface area contributed by atoms with Crippen LogP contribution in [-0.4, -0.2) is 13.2 Å². The third-order valence-electron chi connectivity index (χ3n) is 1.23. The van der Waals surface area contributed by atoms with Crippen LogP contribution in [0.5, 0.6) is 0 Å². The van der Waals surface area contributed by atoms with Crippen molar-refractivity contribution in [3.05, 3.63) is 11.9 Å². The van der Waals surface area contributed by atoms with Crippen LogP contribution in [0, 0.1) is 6.33 Å². The molecule has 0 N–H and O–H groups in total. The Morgan fingerprint density at radius 2 is 2.00 bits per heavy atom. The SMILES string of the molecule is F[C]=C1CCOCC1. The molecule has 1 heterocycles. The van der Waals surface area contributed by atoms with E-state index in [1.54, 1.807) is 6.33 Å². The Balaban J connectivity index is 2.33. The molecule has 0 aliphatic carbocycles. The van der Waals surface area contributed by atoms with Crippen LogP contribution in [-0.2, 0) is 4.74 Å². The fourth-order valence-electron chi connectivity index (χ4n) is 0.712. The van der Waals surface area contributed by atoms with E-state index >= 15 is 0 Å². The standard InChI is InChI=1S/C6H8FO/c7-5-6-1-3-8-4-2-6/h1-4H2. The normalized spacial score (nSPS) is 20.9. The van der Waals surface area contributed by atoms with Gasteiger partial charge < -0.3 is 4.74 Å². The minimum atomic E-state index is 0.659. The van der Waals surface area contributed by atoms with E-state index in [0.29, 0.717) is 13.2 Å². The summed E-state index contributed by atoms with van der Waals surface area (Å²) in [5.41, 5.74) is 0.760. The predicted molar refractivity (Wildman–Crippen MR) is 27.9 cm³/mol. The first kappa shape index (κ1) is 5.76. The third kappa shape index (κ3) is 1.30. The molecule has 0 amide bonds. The maximum Gasteiger partial charge on any atom is 0.158 e. The third-order valence-corrected chi connectivity index (χ3v) is 1.23. The predicted octanol–water partition coefficient (Wildman–Crippen LogP) is 1.45. The van der Waals surface area contributed by atoms with E-state index in [-0.39, 0.29) is 0 Å². The topological polar surface area (TPSA) is 9.23 Å². The number of ether oxygens (including phenoxy) is 1. The lowest BCUT2D eigenvalue weighted by Crippen LogP contribution is -2.06. The number of hydrogen-bond acceptors (Lipinski definition) is 1. The average molecular weight is 115 g/mol. The first-order chi connectivity index (χ1) is 3.93. The van der Waals surface area contributed by atoms with Crippen molar-refractivity contribution in [3.8, 4) is 0 Å². The molecule has 0 aromatic heterocycles. The van der Waals surface area contributed by atoms with E-state index in [1.807, 2.05) is 0 Å². The van der Waals surface area contributed by atoms with Crippen molar-refractivity contribution in [2.45, 2.75) is 12.8 Å². The van der Waals surface area contributed by atoms with Gasteiger partial charge in [0.15, 0.2) is 6.33 Å². The summed E-state index contributed by atoms with van der Waals surface area (Å²) < 4.78 is 16.5. The lowest BCUT2D eigenvalue weighted by atomic mass is 10.1. The van der Waals surface area contributed by atoms with Gasteiger partial charge in [-0.05, 0) is 18.4 Å². The van der Waals surface area contributed by atoms with Crippen LogP contribution in [0.4, 0.5) is 4.39 Å². The summed E-state index contributed by atoms with van der Waals surface area (Å²) in [7, 11) is 0. The fourth-order valence-corrected chi connectivity index (χ4v) is 0.712. The first-order valence-electron chi connectivity index (χ1n) is 2.72. The molecule has 0 aromatic rings. The van der Waals surface area contributed by atoms with Crippen LogP contribution in [0.15, 0.2) is 5.57 Å².